The number of hydrogen-bond acceptors (Lipinski definition) is 2. The van der Waals surface area contributed by atoms with Gasteiger partial charge in [0.15, 0.2) is 0 Å². The predicted molar refractivity (Wildman–Crippen MR) is 116 cm³/mol. The molecule has 1 unspecified atom stereocenters. The predicted octanol–water partition coefficient (Wildman–Crippen LogP) is 6.23. The van der Waals surface area contributed by atoms with Gasteiger partial charge in [0.25, 0.3) is 0 Å². The molecule has 146 valence electrons. The summed E-state index contributed by atoms with van der Waals surface area (Å²) in [5, 5.41) is 0. The summed E-state index contributed by atoms with van der Waals surface area (Å²) in [7, 11) is -1.42. The number of unbranched alkanes of at least 4 members (excludes halogenated alkanes) is 3. The molecule has 0 aliphatic rings. The quantitative estimate of drug-likeness (QED) is 0.129. The molecular formula is C21H42O2SiSn. The molecule has 0 spiro atoms. The third-order valence-electron chi connectivity index (χ3n) is 4.74. The normalized spacial score (nSPS) is 13.2. The van der Waals surface area contributed by atoms with Gasteiger partial charge in [0.2, 0.25) is 0 Å². The molecule has 0 aromatic rings. The first-order chi connectivity index (χ1) is 11.8. The minimum atomic E-state index is -2.54. The second-order valence-corrected chi connectivity index (χ2v) is 26.7. The third-order valence-corrected chi connectivity index (χ3v) is 21.2. The fourth-order valence-corrected chi connectivity index (χ4v) is 20.1. The molecule has 0 aliphatic heterocycles. The molecular weight excluding hydrogens is 431 g/mol. The molecule has 0 radical (unpaired) electrons. The van der Waals surface area contributed by atoms with Gasteiger partial charge in [-0.3, -0.25) is 0 Å². The van der Waals surface area contributed by atoms with Gasteiger partial charge in [0, 0.05) is 0 Å². The Hall–Kier alpha value is 0.206. The Morgan fingerprint density at radius 1 is 0.960 bits per heavy atom. The van der Waals surface area contributed by atoms with E-state index in [1.165, 1.54) is 51.8 Å². The molecule has 1 atom stereocenters. The van der Waals surface area contributed by atoms with Crippen molar-refractivity contribution in [3.8, 4) is 11.5 Å². The van der Waals surface area contributed by atoms with E-state index in [9.17, 15) is 4.79 Å². The van der Waals surface area contributed by atoms with Gasteiger partial charge in [-0.15, -0.1) is 0 Å². The number of rotatable bonds is 14. The maximum absolute atomic E-state index is 10.8. The van der Waals surface area contributed by atoms with Crippen LogP contribution in [-0.4, -0.2) is 43.5 Å². The van der Waals surface area contributed by atoms with Crippen molar-refractivity contribution in [3.05, 3.63) is 0 Å². The SMILES string of the molecule is CCC[CH2][Sn]([CH2]CCC)([CH2]CCC)[CH](C#C[Si](C)(C)C)OCCC=O. The molecule has 0 aromatic heterocycles. The zero-order valence-corrected chi connectivity index (χ0v) is 21.6. The number of ether oxygens (including phenoxy) is 1. The van der Waals surface area contributed by atoms with Crippen molar-refractivity contribution < 1.29 is 9.53 Å². The van der Waals surface area contributed by atoms with E-state index in [2.05, 4.69) is 51.9 Å². The fraction of sp³-hybridized carbons (Fsp3) is 0.857. The Morgan fingerprint density at radius 2 is 1.44 bits per heavy atom. The number of hydrogen-bond donors (Lipinski definition) is 0. The summed E-state index contributed by atoms with van der Waals surface area (Å²) in [6, 6.07) is 0. The second-order valence-electron chi connectivity index (χ2n) is 8.40. The van der Waals surface area contributed by atoms with Crippen molar-refractivity contribution in [1.82, 2.24) is 0 Å². The summed E-state index contributed by atoms with van der Waals surface area (Å²) in [5.41, 5.74) is 3.61. The van der Waals surface area contributed by atoms with Gasteiger partial charge in [0.05, 0.1) is 0 Å². The van der Waals surface area contributed by atoms with E-state index >= 15 is 0 Å². The maximum atomic E-state index is 10.8. The first-order valence-corrected chi connectivity index (χ1v) is 21.6. The van der Waals surface area contributed by atoms with Crippen molar-refractivity contribution in [2.24, 2.45) is 0 Å². The Bertz CT molecular complexity index is 385. The van der Waals surface area contributed by atoms with E-state index in [-0.39, 0.29) is 4.12 Å². The van der Waals surface area contributed by atoms with Crippen molar-refractivity contribution in [1.29, 1.82) is 0 Å². The summed E-state index contributed by atoms with van der Waals surface area (Å²) < 4.78 is 10.7. The van der Waals surface area contributed by atoms with Gasteiger partial charge in [-0.2, -0.15) is 0 Å². The zero-order chi connectivity index (χ0) is 19.2. The van der Waals surface area contributed by atoms with Gasteiger partial charge in [-0.25, -0.2) is 0 Å². The van der Waals surface area contributed by atoms with Crippen LogP contribution in [0.25, 0.3) is 0 Å². The summed E-state index contributed by atoms with van der Waals surface area (Å²) in [6.45, 7) is 14.4. The molecule has 4 heteroatoms. The number of carbonyl (C=O) groups is 1. The van der Waals surface area contributed by atoms with Gasteiger partial charge < -0.3 is 0 Å². The van der Waals surface area contributed by atoms with Gasteiger partial charge in [0.1, 0.15) is 0 Å². The zero-order valence-electron chi connectivity index (χ0n) is 17.7. The van der Waals surface area contributed by atoms with E-state index in [0.29, 0.717) is 13.0 Å². The fourth-order valence-electron chi connectivity index (χ4n) is 3.24. The van der Waals surface area contributed by atoms with E-state index in [1.54, 1.807) is 0 Å². The molecule has 0 fully saturated rings. The average Bonchev–Trinajstić information content (AvgIpc) is 2.57. The molecule has 2 nitrogen and oxygen atoms in total. The molecule has 0 bridgehead atoms. The monoisotopic (exact) mass is 474 g/mol. The van der Waals surface area contributed by atoms with Crippen LogP contribution >= 0.6 is 0 Å². The molecule has 0 aromatic carbocycles. The minimum absolute atomic E-state index is 0.186. The van der Waals surface area contributed by atoms with Crippen LogP contribution < -0.4 is 0 Å². The summed E-state index contributed by atoms with van der Waals surface area (Å²) >= 11 is -2.54. The molecule has 0 rings (SSSR count). The van der Waals surface area contributed by atoms with E-state index in [4.69, 9.17) is 4.74 Å². The first-order valence-electron chi connectivity index (χ1n) is 10.4. The Labute approximate surface area is 162 Å². The van der Waals surface area contributed by atoms with Crippen LogP contribution in [-0.2, 0) is 9.53 Å². The Balaban J connectivity index is 5.66. The van der Waals surface area contributed by atoms with Crippen LogP contribution in [0.2, 0.25) is 33.0 Å². The van der Waals surface area contributed by atoms with Crippen LogP contribution in [0.3, 0.4) is 0 Å². The third kappa shape index (κ3) is 11.5. The van der Waals surface area contributed by atoms with E-state index < -0.39 is 26.5 Å². The average molecular weight is 473 g/mol. The molecule has 0 N–H and O–H groups in total. The van der Waals surface area contributed by atoms with Crippen molar-refractivity contribution in [3.63, 3.8) is 0 Å². The Kier molecular flexibility index (Phi) is 14.4. The molecule has 0 saturated heterocycles. The summed E-state index contributed by atoms with van der Waals surface area (Å²) in [6.07, 6.45) is 9.24. The second kappa shape index (κ2) is 14.3. The van der Waals surface area contributed by atoms with Crippen molar-refractivity contribution in [2.45, 2.75) is 103 Å². The van der Waals surface area contributed by atoms with Crippen LogP contribution in [0, 0.1) is 11.5 Å². The van der Waals surface area contributed by atoms with E-state index in [0.717, 1.165) is 6.29 Å². The summed E-state index contributed by atoms with van der Waals surface area (Å²) in [5.74, 6) is 3.65. The Morgan fingerprint density at radius 3 is 1.80 bits per heavy atom. The molecule has 25 heavy (non-hydrogen) atoms. The topological polar surface area (TPSA) is 26.3 Å². The standard InChI is InChI=1S/C9H15O2Si.3C4H9.Sn/c1-12(2,3)9-5-8-11-7-4-6-10;3*1-3-4-2;/h6,8H,4,7H2,1-3H3;3*1,3-4H2,2H3;. The number of aldehydes is 1. The summed E-state index contributed by atoms with van der Waals surface area (Å²) in [4.78, 5) is 10.8. The van der Waals surface area contributed by atoms with Crippen molar-refractivity contribution >= 4 is 32.7 Å². The van der Waals surface area contributed by atoms with Crippen LogP contribution in [0.4, 0.5) is 0 Å². The van der Waals surface area contributed by atoms with Gasteiger partial charge in [-0.05, 0) is 0 Å². The molecule has 0 amide bonds. The first kappa shape index (κ1) is 25.2. The van der Waals surface area contributed by atoms with Gasteiger partial charge in [-0.1, -0.05) is 0 Å². The van der Waals surface area contributed by atoms with Crippen LogP contribution in [0.15, 0.2) is 0 Å². The molecule has 0 heterocycles. The number of carbonyl (C=O) groups excluding carboxylic acids is 1. The van der Waals surface area contributed by atoms with Crippen molar-refractivity contribution in [2.75, 3.05) is 6.61 Å². The van der Waals surface area contributed by atoms with E-state index in [1.807, 2.05) is 0 Å². The van der Waals surface area contributed by atoms with Crippen LogP contribution in [0.1, 0.15) is 65.7 Å². The van der Waals surface area contributed by atoms with Gasteiger partial charge >= 0.3 is 163 Å². The molecule has 0 saturated carbocycles. The van der Waals surface area contributed by atoms with Crippen LogP contribution in [0.5, 0.6) is 0 Å². The molecule has 0 aliphatic carbocycles.